The first-order chi connectivity index (χ1) is 11.6. The van der Waals surface area contributed by atoms with Crippen LogP contribution in [0, 0.1) is 5.92 Å². The number of hydrogen-bond acceptors (Lipinski definition) is 4. The Morgan fingerprint density at radius 1 is 1.08 bits per heavy atom. The highest BCUT2D eigenvalue weighted by Crippen LogP contribution is 2.19. The summed E-state index contributed by atoms with van der Waals surface area (Å²) in [5.41, 5.74) is 1.47. The number of benzene rings is 2. The first-order valence-corrected chi connectivity index (χ1v) is 7.79. The van der Waals surface area contributed by atoms with E-state index in [9.17, 15) is 9.59 Å². The van der Waals surface area contributed by atoms with Crippen LogP contribution in [0.2, 0.25) is 0 Å². The van der Waals surface area contributed by atoms with E-state index in [0.29, 0.717) is 11.4 Å². The molecule has 0 spiro atoms. The van der Waals surface area contributed by atoms with Crippen LogP contribution in [0.1, 0.15) is 12.5 Å². The van der Waals surface area contributed by atoms with E-state index >= 15 is 0 Å². The lowest BCUT2D eigenvalue weighted by molar-refractivity contribution is -0.150. The summed E-state index contributed by atoms with van der Waals surface area (Å²) < 4.78 is 10.2. The van der Waals surface area contributed by atoms with E-state index in [1.165, 1.54) is 0 Å². The number of amides is 1. The lowest BCUT2D eigenvalue weighted by atomic mass is 9.98. The van der Waals surface area contributed by atoms with Gasteiger partial charge in [0.25, 0.3) is 0 Å². The Morgan fingerprint density at radius 3 is 2.50 bits per heavy atom. The second-order valence-electron chi connectivity index (χ2n) is 5.22. The number of carbonyl (C=O) groups is 2. The molecule has 0 heterocycles. The lowest BCUT2D eigenvalue weighted by Crippen LogP contribution is -2.33. The van der Waals surface area contributed by atoms with Crippen LogP contribution < -0.4 is 10.1 Å². The highest BCUT2D eigenvalue weighted by molar-refractivity contribution is 6.05. The molecule has 0 fully saturated rings. The average molecular weight is 327 g/mol. The average Bonchev–Trinajstić information content (AvgIpc) is 2.60. The van der Waals surface area contributed by atoms with E-state index in [-0.39, 0.29) is 13.0 Å². The maximum atomic E-state index is 12.6. The fraction of sp³-hybridized carbons (Fsp3) is 0.263. The molecule has 1 atom stereocenters. The summed E-state index contributed by atoms with van der Waals surface area (Å²) in [5.74, 6) is -1.20. The van der Waals surface area contributed by atoms with Gasteiger partial charge in [0.05, 0.1) is 13.7 Å². The van der Waals surface area contributed by atoms with Gasteiger partial charge in [0.15, 0.2) is 0 Å². The Bertz CT molecular complexity index is 685. The van der Waals surface area contributed by atoms with Crippen LogP contribution >= 0.6 is 0 Å². The molecular formula is C19H21NO4. The van der Waals surface area contributed by atoms with Crippen LogP contribution in [0.15, 0.2) is 54.6 Å². The highest BCUT2D eigenvalue weighted by Gasteiger charge is 2.28. The standard InChI is InChI=1S/C19H21NO4/c1-3-24-19(22)17(12-14-8-5-4-6-9-14)18(21)20-15-10-7-11-16(13-15)23-2/h4-11,13,17H,3,12H2,1-2H3,(H,20,21)/t17-/m0/s1. The van der Waals surface area contributed by atoms with Gasteiger partial charge in [-0.15, -0.1) is 0 Å². The van der Waals surface area contributed by atoms with Crippen LogP contribution in [-0.4, -0.2) is 25.6 Å². The van der Waals surface area contributed by atoms with Crippen molar-refractivity contribution in [3.8, 4) is 5.75 Å². The minimum absolute atomic E-state index is 0.233. The zero-order valence-corrected chi connectivity index (χ0v) is 13.8. The van der Waals surface area contributed by atoms with Gasteiger partial charge < -0.3 is 14.8 Å². The van der Waals surface area contributed by atoms with Crippen molar-refractivity contribution >= 4 is 17.6 Å². The molecule has 0 aromatic heterocycles. The van der Waals surface area contributed by atoms with Crippen molar-refractivity contribution in [3.05, 3.63) is 60.2 Å². The number of hydrogen-bond donors (Lipinski definition) is 1. The number of methoxy groups -OCH3 is 1. The van der Waals surface area contributed by atoms with Gasteiger partial charge in [0.2, 0.25) is 5.91 Å². The molecular weight excluding hydrogens is 306 g/mol. The van der Waals surface area contributed by atoms with Crippen LogP contribution in [0.25, 0.3) is 0 Å². The van der Waals surface area contributed by atoms with Gasteiger partial charge in [-0.25, -0.2) is 0 Å². The molecule has 0 bridgehead atoms. The Balaban J connectivity index is 2.15. The molecule has 2 rings (SSSR count). The second kappa shape index (κ2) is 8.72. The molecule has 0 radical (unpaired) electrons. The largest absolute Gasteiger partial charge is 0.497 e. The summed E-state index contributed by atoms with van der Waals surface area (Å²) in [5, 5.41) is 2.76. The SMILES string of the molecule is CCOC(=O)[C@@H](Cc1ccccc1)C(=O)Nc1cccc(OC)c1. The normalized spacial score (nSPS) is 11.4. The van der Waals surface area contributed by atoms with Crippen LogP contribution in [0.5, 0.6) is 5.75 Å². The van der Waals surface area contributed by atoms with Crippen LogP contribution in [0.3, 0.4) is 0 Å². The Hall–Kier alpha value is -2.82. The molecule has 24 heavy (non-hydrogen) atoms. The third-order valence-electron chi connectivity index (χ3n) is 3.51. The Kier molecular flexibility index (Phi) is 6.37. The fourth-order valence-electron chi connectivity index (χ4n) is 2.31. The van der Waals surface area contributed by atoms with Crippen molar-refractivity contribution in [2.45, 2.75) is 13.3 Å². The first-order valence-electron chi connectivity index (χ1n) is 7.79. The quantitative estimate of drug-likeness (QED) is 0.627. The molecule has 1 N–H and O–H groups in total. The highest BCUT2D eigenvalue weighted by atomic mass is 16.5. The number of esters is 1. The molecule has 0 unspecified atom stereocenters. The van der Waals surface area contributed by atoms with E-state index in [1.54, 1.807) is 38.3 Å². The third-order valence-corrected chi connectivity index (χ3v) is 3.51. The fourth-order valence-corrected chi connectivity index (χ4v) is 2.31. The van der Waals surface area contributed by atoms with Crippen molar-refractivity contribution in [1.29, 1.82) is 0 Å². The van der Waals surface area contributed by atoms with Gasteiger partial charge in [0.1, 0.15) is 11.7 Å². The smallest absolute Gasteiger partial charge is 0.318 e. The van der Waals surface area contributed by atoms with Crippen molar-refractivity contribution in [1.82, 2.24) is 0 Å². The number of anilines is 1. The van der Waals surface area contributed by atoms with Gasteiger partial charge in [0, 0.05) is 11.8 Å². The predicted molar refractivity (Wildman–Crippen MR) is 91.9 cm³/mol. The van der Waals surface area contributed by atoms with E-state index < -0.39 is 17.8 Å². The molecule has 0 aliphatic rings. The molecule has 0 saturated carbocycles. The summed E-state index contributed by atoms with van der Waals surface area (Å²) in [7, 11) is 1.55. The molecule has 0 saturated heterocycles. The molecule has 2 aromatic carbocycles. The summed E-state index contributed by atoms with van der Waals surface area (Å²) in [6.07, 6.45) is 0.287. The monoisotopic (exact) mass is 327 g/mol. The minimum atomic E-state index is -0.904. The van der Waals surface area contributed by atoms with Gasteiger partial charge >= 0.3 is 5.97 Å². The zero-order valence-electron chi connectivity index (χ0n) is 13.8. The van der Waals surface area contributed by atoms with Crippen molar-refractivity contribution in [3.63, 3.8) is 0 Å². The first kappa shape index (κ1) is 17.5. The van der Waals surface area contributed by atoms with Gasteiger partial charge in [-0.1, -0.05) is 36.4 Å². The third kappa shape index (κ3) is 4.84. The minimum Gasteiger partial charge on any atom is -0.497 e. The van der Waals surface area contributed by atoms with E-state index in [2.05, 4.69) is 5.32 Å². The topological polar surface area (TPSA) is 64.6 Å². The Morgan fingerprint density at radius 2 is 1.83 bits per heavy atom. The zero-order chi connectivity index (χ0) is 17.4. The van der Waals surface area contributed by atoms with E-state index in [1.807, 2.05) is 30.3 Å². The number of nitrogens with one attached hydrogen (secondary N) is 1. The summed E-state index contributed by atoms with van der Waals surface area (Å²) >= 11 is 0. The van der Waals surface area contributed by atoms with Gasteiger partial charge in [-0.2, -0.15) is 0 Å². The maximum Gasteiger partial charge on any atom is 0.318 e. The van der Waals surface area contributed by atoms with E-state index in [0.717, 1.165) is 5.56 Å². The molecule has 126 valence electrons. The molecule has 0 aliphatic carbocycles. The van der Waals surface area contributed by atoms with Crippen LogP contribution in [0.4, 0.5) is 5.69 Å². The molecule has 5 heteroatoms. The predicted octanol–water partition coefficient (Wildman–Crippen LogP) is 3.06. The molecule has 1 amide bonds. The molecule has 0 aliphatic heterocycles. The van der Waals surface area contributed by atoms with Crippen molar-refractivity contribution in [2.75, 3.05) is 19.0 Å². The summed E-state index contributed by atoms with van der Waals surface area (Å²) in [6, 6.07) is 16.4. The number of ether oxygens (including phenoxy) is 2. The van der Waals surface area contributed by atoms with Crippen LogP contribution in [-0.2, 0) is 20.7 Å². The molecule has 5 nitrogen and oxygen atoms in total. The van der Waals surface area contributed by atoms with Gasteiger partial charge in [-0.05, 0) is 31.0 Å². The Labute approximate surface area is 141 Å². The number of rotatable bonds is 7. The lowest BCUT2D eigenvalue weighted by Gasteiger charge is -2.16. The van der Waals surface area contributed by atoms with E-state index in [4.69, 9.17) is 9.47 Å². The maximum absolute atomic E-state index is 12.6. The molecule has 2 aromatic rings. The van der Waals surface area contributed by atoms with Gasteiger partial charge in [-0.3, -0.25) is 9.59 Å². The summed E-state index contributed by atoms with van der Waals surface area (Å²) in [4.78, 5) is 24.8. The second-order valence-corrected chi connectivity index (χ2v) is 5.22. The van der Waals surface area contributed by atoms with Crippen molar-refractivity contribution < 1.29 is 19.1 Å². The van der Waals surface area contributed by atoms with Crippen molar-refractivity contribution in [2.24, 2.45) is 5.92 Å². The number of carbonyl (C=O) groups excluding carboxylic acids is 2. The summed E-state index contributed by atoms with van der Waals surface area (Å²) in [6.45, 7) is 1.95.